The van der Waals surface area contributed by atoms with Crippen LogP contribution in [0.4, 0.5) is 13.2 Å². The molecule has 4 nitrogen and oxygen atoms in total. The number of hydrogen-bond donors (Lipinski definition) is 0. The molecule has 22 heavy (non-hydrogen) atoms. The van der Waals surface area contributed by atoms with Crippen LogP contribution in [0.25, 0.3) is 0 Å². The third-order valence-electron chi connectivity index (χ3n) is 3.66. The van der Waals surface area contributed by atoms with E-state index >= 15 is 0 Å². The van der Waals surface area contributed by atoms with Crippen LogP contribution in [0.15, 0.2) is 24.3 Å². The number of alkyl halides is 3. The number of amides is 1. The summed E-state index contributed by atoms with van der Waals surface area (Å²) in [5.41, 5.74) is -0.184. The van der Waals surface area contributed by atoms with Gasteiger partial charge in [0.25, 0.3) is 0 Å². The molecule has 1 heterocycles. The van der Waals surface area contributed by atoms with Crippen molar-refractivity contribution >= 4 is 15.7 Å². The van der Waals surface area contributed by atoms with E-state index in [9.17, 15) is 26.4 Å². The molecule has 1 fully saturated rings. The first-order valence-corrected chi connectivity index (χ1v) is 8.52. The second-order valence-corrected chi connectivity index (χ2v) is 7.72. The summed E-state index contributed by atoms with van der Waals surface area (Å²) in [6.07, 6.45) is -4.09. The van der Waals surface area contributed by atoms with Crippen molar-refractivity contribution in [2.24, 2.45) is 5.92 Å². The van der Waals surface area contributed by atoms with Gasteiger partial charge in [-0.1, -0.05) is 12.1 Å². The van der Waals surface area contributed by atoms with E-state index in [2.05, 4.69) is 0 Å². The highest BCUT2D eigenvalue weighted by molar-refractivity contribution is 7.91. The largest absolute Gasteiger partial charge is 0.416 e. The summed E-state index contributed by atoms with van der Waals surface area (Å²) in [6.45, 7) is 0.146. The van der Waals surface area contributed by atoms with Crippen LogP contribution in [0.3, 0.4) is 0 Å². The predicted molar refractivity (Wildman–Crippen MR) is 74.7 cm³/mol. The summed E-state index contributed by atoms with van der Waals surface area (Å²) in [5.74, 6) is -0.980. The van der Waals surface area contributed by atoms with Crippen LogP contribution in [0, 0.1) is 5.92 Å². The number of hydrogen-bond acceptors (Lipinski definition) is 3. The molecule has 0 radical (unpaired) electrons. The van der Waals surface area contributed by atoms with E-state index in [1.165, 1.54) is 24.1 Å². The second kappa shape index (κ2) is 5.91. The third-order valence-corrected chi connectivity index (χ3v) is 5.43. The molecule has 0 saturated carbocycles. The van der Waals surface area contributed by atoms with Gasteiger partial charge >= 0.3 is 6.18 Å². The predicted octanol–water partition coefficient (Wildman–Crippen LogP) is 2.10. The van der Waals surface area contributed by atoms with Crippen molar-refractivity contribution in [1.82, 2.24) is 4.90 Å². The number of halogens is 3. The van der Waals surface area contributed by atoms with Gasteiger partial charge in [0.2, 0.25) is 5.91 Å². The molecule has 0 spiro atoms. The molecule has 0 N–H and O–H groups in total. The van der Waals surface area contributed by atoms with Crippen LogP contribution in [0.5, 0.6) is 0 Å². The molecule has 122 valence electrons. The van der Waals surface area contributed by atoms with Gasteiger partial charge in [0, 0.05) is 13.6 Å². The molecular weight excluding hydrogens is 319 g/mol. The fourth-order valence-electron chi connectivity index (χ4n) is 2.45. The number of carbonyl (C=O) groups is 1. The molecule has 0 aromatic heterocycles. The van der Waals surface area contributed by atoms with Gasteiger partial charge in [-0.25, -0.2) is 8.42 Å². The van der Waals surface area contributed by atoms with Crippen molar-refractivity contribution in [1.29, 1.82) is 0 Å². The minimum atomic E-state index is -4.39. The molecule has 2 rings (SSSR count). The number of carbonyl (C=O) groups excluding carboxylic acids is 1. The standard InChI is InChI=1S/C14H16F3NO3S/c1-18(13(19)11-6-7-22(20,21)9-11)8-10-2-4-12(5-3-10)14(15,16)17/h2-5,11H,6-9H2,1H3. The van der Waals surface area contributed by atoms with Crippen LogP contribution in [0.1, 0.15) is 17.5 Å². The zero-order chi connectivity index (χ0) is 16.5. The van der Waals surface area contributed by atoms with Gasteiger partial charge in [-0.3, -0.25) is 4.79 Å². The lowest BCUT2D eigenvalue weighted by atomic mass is 10.1. The van der Waals surface area contributed by atoms with Crippen molar-refractivity contribution in [3.05, 3.63) is 35.4 Å². The molecule has 0 bridgehead atoms. The molecule has 0 aliphatic carbocycles. The van der Waals surface area contributed by atoms with E-state index < -0.39 is 27.5 Å². The van der Waals surface area contributed by atoms with E-state index in [0.29, 0.717) is 12.0 Å². The average Bonchev–Trinajstić information content (AvgIpc) is 2.77. The molecule has 1 aromatic rings. The summed E-state index contributed by atoms with van der Waals surface area (Å²) in [4.78, 5) is 13.5. The maximum absolute atomic E-state index is 12.5. The number of rotatable bonds is 3. The first kappa shape index (κ1) is 16.8. The van der Waals surface area contributed by atoms with Gasteiger partial charge in [-0.2, -0.15) is 13.2 Å². The first-order chi connectivity index (χ1) is 10.1. The van der Waals surface area contributed by atoms with Gasteiger partial charge in [-0.15, -0.1) is 0 Å². The number of nitrogens with zero attached hydrogens (tertiary/aromatic N) is 1. The molecule has 1 unspecified atom stereocenters. The topological polar surface area (TPSA) is 54.5 Å². The monoisotopic (exact) mass is 335 g/mol. The molecule has 8 heteroatoms. The maximum Gasteiger partial charge on any atom is 0.416 e. The quantitative estimate of drug-likeness (QED) is 0.850. The highest BCUT2D eigenvalue weighted by Crippen LogP contribution is 2.29. The zero-order valence-electron chi connectivity index (χ0n) is 11.9. The number of benzene rings is 1. The Labute approximate surface area is 126 Å². The van der Waals surface area contributed by atoms with Gasteiger partial charge in [0.1, 0.15) is 0 Å². The molecule has 1 aliphatic heterocycles. The highest BCUT2D eigenvalue weighted by atomic mass is 32.2. The van der Waals surface area contributed by atoms with Gasteiger partial charge in [0.15, 0.2) is 9.84 Å². The van der Waals surface area contributed by atoms with Crippen molar-refractivity contribution < 1.29 is 26.4 Å². The first-order valence-electron chi connectivity index (χ1n) is 6.70. The lowest BCUT2D eigenvalue weighted by Crippen LogP contribution is -2.33. The molecule has 1 atom stereocenters. The third kappa shape index (κ3) is 4.00. The maximum atomic E-state index is 12.5. The lowest BCUT2D eigenvalue weighted by Gasteiger charge is -2.20. The molecular formula is C14H16F3NO3S. The van der Waals surface area contributed by atoms with E-state index in [0.717, 1.165) is 12.1 Å². The molecule has 1 saturated heterocycles. The smallest absolute Gasteiger partial charge is 0.341 e. The van der Waals surface area contributed by atoms with Crippen molar-refractivity contribution in [2.45, 2.75) is 19.1 Å². The minimum Gasteiger partial charge on any atom is -0.341 e. The summed E-state index contributed by atoms with van der Waals surface area (Å²) in [7, 11) is -1.62. The van der Waals surface area contributed by atoms with E-state index in [4.69, 9.17) is 0 Å². The second-order valence-electron chi connectivity index (χ2n) is 5.49. The lowest BCUT2D eigenvalue weighted by molar-refractivity contribution is -0.137. The Hall–Kier alpha value is -1.57. The molecule has 1 aliphatic rings. The van der Waals surface area contributed by atoms with Crippen LogP contribution in [0.2, 0.25) is 0 Å². The van der Waals surface area contributed by atoms with Gasteiger partial charge < -0.3 is 4.90 Å². The average molecular weight is 335 g/mol. The van der Waals surface area contributed by atoms with Crippen molar-refractivity contribution in [3.63, 3.8) is 0 Å². The Morgan fingerprint density at radius 2 is 1.86 bits per heavy atom. The van der Waals surface area contributed by atoms with Crippen LogP contribution in [-0.2, 0) is 27.4 Å². The Morgan fingerprint density at radius 1 is 1.27 bits per heavy atom. The Bertz CT molecular complexity index is 653. The van der Waals surface area contributed by atoms with Crippen LogP contribution in [-0.4, -0.2) is 37.8 Å². The van der Waals surface area contributed by atoms with E-state index in [1.807, 2.05) is 0 Å². The fourth-order valence-corrected chi connectivity index (χ4v) is 4.18. The normalized spacial score (nSPS) is 20.8. The van der Waals surface area contributed by atoms with Gasteiger partial charge in [0.05, 0.1) is 23.0 Å². The van der Waals surface area contributed by atoms with Crippen LogP contribution >= 0.6 is 0 Å². The van der Waals surface area contributed by atoms with E-state index in [-0.39, 0.29) is 24.0 Å². The Morgan fingerprint density at radius 3 is 2.32 bits per heavy atom. The Balaban J connectivity index is 2.00. The van der Waals surface area contributed by atoms with Crippen LogP contribution < -0.4 is 0 Å². The Kier molecular flexibility index (Phi) is 4.51. The van der Waals surface area contributed by atoms with E-state index in [1.54, 1.807) is 0 Å². The van der Waals surface area contributed by atoms with Crippen molar-refractivity contribution in [3.8, 4) is 0 Å². The van der Waals surface area contributed by atoms with Gasteiger partial charge in [-0.05, 0) is 24.1 Å². The zero-order valence-corrected chi connectivity index (χ0v) is 12.7. The summed E-state index contributed by atoms with van der Waals surface area (Å²) in [5, 5.41) is 0. The fraction of sp³-hybridized carbons (Fsp3) is 0.500. The summed E-state index contributed by atoms with van der Waals surface area (Å²) < 4.78 is 60.2. The minimum absolute atomic E-state index is 0.0114. The van der Waals surface area contributed by atoms with Crippen molar-refractivity contribution in [2.75, 3.05) is 18.6 Å². The summed E-state index contributed by atoms with van der Waals surface area (Å²) in [6, 6.07) is 4.57. The highest BCUT2D eigenvalue weighted by Gasteiger charge is 2.34. The summed E-state index contributed by atoms with van der Waals surface area (Å²) >= 11 is 0. The molecule has 1 amide bonds. The molecule has 1 aromatic carbocycles. The number of sulfone groups is 1. The SMILES string of the molecule is CN(Cc1ccc(C(F)(F)F)cc1)C(=O)C1CCS(=O)(=O)C1.